The summed E-state index contributed by atoms with van der Waals surface area (Å²) in [4.78, 5) is 12.8. The number of nitrogens with two attached hydrogens (primary N) is 1. The van der Waals surface area contributed by atoms with Crippen LogP contribution in [0.15, 0.2) is 23.5 Å². The molecule has 2 unspecified atom stereocenters. The second kappa shape index (κ2) is 8.70. The molecule has 13 heteroatoms. The molecule has 8 N–H and O–H groups in total. The molecular weight excluding hydrogens is 388 g/mol. The number of guanidine groups is 1. The first-order valence-corrected chi connectivity index (χ1v) is 8.89. The van der Waals surface area contributed by atoms with Gasteiger partial charge in [0.25, 0.3) is 0 Å². The van der Waals surface area contributed by atoms with Crippen LogP contribution in [0, 0.1) is 5.41 Å². The second-order valence-electron chi connectivity index (χ2n) is 6.07. The van der Waals surface area contributed by atoms with Crippen molar-refractivity contribution in [1.82, 2.24) is 24.8 Å². The number of thiol groups is 1. The van der Waals surface area contributed by atoms with E-state index < -0.39 is 31.1 Å². The van der Waals surface area contributed by atoms with E-state index in [9.17, 15) is 15.3 Å². The molecule has 2 aromatic heterocycles. The molecule has 3 rings (SSSR count). The second-order valence-corrected chi connectivity index (χ2v) is 6.49. The standard InChI is InChI=1S/C15H22N8O4S/c16-14(17)18-3-1-2-4-19-15-21-11-8(12(28)22-15)20-6-23(11)13-10(26)9(25)7(5-24)27-13/h1-2,6-7,9-10,13,24-26H,3-5H2,(H4,16,17,18)(H2,19,21,22,28)/b2-1+/t7-,9?,10?,13-/m1/s1. The number of rotatable bonds is 7. The predicted molar refractivity (Wildman–Crippen MR) is 103 cm³/mol. The third kappa shape index (κ3) is 4.18. The van der Waals surface area contributed by atoms with Gasteiger partial charge in [-0.1, -0.05) is 12.2 Å². The molecule has 0 amide bonds. The Morgan fingerprint density at radius 1 is 1.32 bits per heavy atom. The van der Waals surface area contributed by atoms with Crippen LogP contribution in [0.2, 0.25) is 0 Å². The molecule has 3 heterocycles. The molecule has 1 aliphatic rings. The number of hydrogen-bond donors (Lipinski definition) is 8. The summed E-state index contributed by atoms with van der Waals surface area (Å²) in [6, 6.07) is 0. The van der Waals surface area contributed by atoms with Gasteiger partial charge in [0.05, 0.1) is 12.9 Å². The zero-order valence-corrected chi connectivity index (χ0v) is 15.6. The number of hydrogen-bond acceptors (Lipinski definition) is 10. The van der Waals surface area contributed by atoms with Crippen molar-refractivity contribution in [2.24, 2.45) is 5.73 Å². The Morgan fingerprint density at radius 3 is 2.75 bits per heavy atom. The van der Waals surface area contributed by atoms with E-state index in [2.05, 4.69) is 38.2 Å². The average Bonchev–Trinajstić information content (AvgIpc) is 3.20. The zero-order valence-electron chi connectivity index (χ0n) is 14.7. The van der Waals surface area contributed by atoms with Crippen molar-refractivity contribution in [3.05, 3.63) is 18.5 Å². The molecule has 4 atom stereocenters. The normalized spacial score (nSPS) is 24.9. The average molecular weight is 410 g/mol. The van der Waals surface area contributed by atoms with Gasteiger partial charge in [-0.3, -0.25) is 9.98 Å². The highest BCUT2D eigenvalue weighted by Gasteiger charge is 2.44. The third-order valence-corrected chi connectivity index (χ3v) is 4.46. The van der Waals surface area contributed by atoms with Crippen LogP contribution >= 0.6 is 12.6 Å². The Bertz CT molecular complexity index is 875. The van der Waals surface area contributed by atoms with Gasteiger partial charge in [-0.25, -0.2) is 9.97 Å². The van der Waals surface area contributed by atoms with Gasteiger partial charge in [-0.2, -0.15) is 4.98 Å². The van der Waals surface area contributed by atoms with Crippen LogP contribution in [0.4, 0.5) is 5.95 Å². The minimum absolute atomic E-state index is 0.107. The lowest BCUT2D eigenvalue weighted by molar-refractivity contribution is -0.0511. The van der Waals surface area contributed by atoms with Crippen LogP contribution in [-0.4, -0.2) is 78.8 Å². The number of aliphatic hydroxyl groups excluding tert-OH is 3. The molecule has 1 aliphatic heterocycles. The van der Waals surface area contributed by atoms with Gasteiger partial charge in [0.1, 0.15) is 28.9 Å². The third-order valence-electron chi connectivity index (χ3n) is 4.15. The largest absolute Gasteiger partial charge is 0.394 e. The van der Waals surface area contributed by atoms with Crippen molar-refractivity contribution >= 4 is 35.7 Å². The van der Waals surface area contributed by atoms with Crippen LogP contribution in [0.3, 0.4) is 0 Å². The van der Waals surface area contributed by atoms with Crippen molar-refractivity contribution < 1.29 is 20.1 Å². The topological polar surface area (TPSA) is 187 Å². The highest BCUT2D eigenvalue weighted by atomic mass is 32.1. The highest BCUT2D eigenvalue weighted by Crippen LogP contribution is 2.32. The fourth-order valence-corrected chi connectivity index (χ4v) is 3.01. The number of nitrogens with zero attached hydrogens (tertiary/aromatic N) is 4. The minimum atomic E-state index is -1.25. The summed E-state index contributed by atoms with van der Waals surface area (Å²) in [5.74, 6) is 0.180. The Morgan fingerprint density at radius 2 is 2.07 bits per heavy atom. The molecule has 2 aromatic rings. The van der Waals surface area contributed by atoms with Crippen molar-refractivity contribution in [3.8, 4) is 0 Å². The maximum Gasteiger partial charge on any atom is 0.226 e. The van der Waals surface area contributed by atoms with Crippen LogP contribution in [-0.2, 0) is 4.74 Å². The number of aromatic nitrogens is 4. The number of aliphatic hydroxyl groups is 3. The van der Waals surface area contributed by atoms with Gasteiger partial charge in [-0.15, -0.1) is 12.6 Å². The number of anilines is 1. The van der Waals surface area contributed by atoms with Gasteiger partial charge in [0, 0.05) is 13.1 Å². The first-order valence-electron chi connectivity index (χ1n) is 8.45. The molecule has 0 bridgehead atoms. The van der Waals surface area contributed by atoms with Crippen molar-refractivity contribution in [3.63, 3.8) is 0 Å². The fourth-order valence-electron chi connectivity index (χ4n) is 2.76. The first-order chi connectivity index (χ1) is 13.4. The van der Waals surface area contributed by atoms with E-state index in [1.54, 1.807) is 6.08 Å². The lowest BCUT2D eigenvalue weighted by Crippen LogP contribution is -2.33. The summed E-state index contributed by atoms with van der Waals surface area (Å²) in [6.45, 7) is 0.416. The fraction of sp³-hybridized carbons (Fsp3) is 0.467. The number of imidazole rings is 1. The highest BCUT2D eigenvalue weighted by molar-refractivity contribution is 7.80. The molecule has 0 aromatic carbocycles. The maximum absolute atomic E-state index is 10.2. The van der Waals surface area contributed by atoms with E-state index in [1.807, 2.05) is 6.08 Å². The Kier molecular flexibility index (Phi) is 6.31. The summed E-state index contributed by atoms with van der Waals surface area (Å²) >= 11 is 4.33. The Labute approximate surface area is 165 Å². The Balaban J connectivity index is 1.77. The van der Waals surface area contributed by atoms with Gasteiger partial charge in [0.15, 0.2) is 17.8 Å². The molecule has 0 aliphatic carbocycles. The minimum Gasteiger partial charge on any atom is -0.394 e. The summed E-state index contributed by atoms with van der Waals surface area (Å²) in [5.41, 5.74) is 5.96. The summed E-state index contributed by atoms with van der Waals surface area (Å²) in [7, 11) is 0. The monoisotopic (exact) mass is 410 g/mol. The predicted octanol–water partition coefficient (Wildman–Crippen LogP) is -1.82. The molecule has 0 saturated carbocycles. The van der Waals surface area contributed by atoms with Crippen LogP contribution in [0.25, 0.3) is 11.2 Å². The molecule has 12 nitrogen and oxygen atoms in total. The summed E-state index contributed by atoms with van der Waals surface area (Å²) < 4.78 is 7.00. The SMILES string of the molecule is N=C(N)NC/C=C/CNc1nc(S)c2ncn([C@@H]3O[C@H](CO)C(O)C3O)c2n1. The van der Waals surface area contributed by atoms with Crippen molar-refractivity contribution in [1.29, 1.82) is 5.41 Å². The molecule has 0 radical (unpaired) electrons. The number of ether oxygens (including phenoxy) is 1. The smallest absolute Gasteiger partial charge is 0.226 e. The van der Waals surface area contributed by atoms with Gasteiger partial charge in [-0.05, 0) is 0 Å². The molecule has 28 heavy (non-hydrogen) atoms. The van der Waals surface area contributed by atoms with Crippen LogP contribution in [0.5, 0.6) is 0 Å². The van der Waals surface area contributed by atoms with E-state index in [4.69, 9.17) is 15.9 Å². The zero-order chi connectivity index (χ0) is 20.3. The maximum atomic E-state index is 10.2. The molecule has 1 saturated heterocycles. The molecular formula is C15H22N8O4S. The lowest BCUT2D eigenvalue weighted by atomic mass is 10.1. The van der Waals surface area contributed by atoms with Gasteiger partial charge < -0.3 is 36.4 Å². The number of fused-ring (bicyclic) bond motifs is 1. The van der Waals surface area contributed by atoms with Crippen molar-refractivity contribution in [2.75, 3.05) is 25.0 Å². The van der Waals surface area contributed by atoms with E-state index in [0.29, 0.717) is 29.3 Å². The van der Waals surface area contributed by atoms with E-state index >= 15 is 0 Å². The quantitative estimate of drug-likeness (QED) is 0.0848. The summed E-state index contributed by atoms with van der Waals surface area (Å²) in [6.07, 6.45) is 0.683. The van der Waals surface area contributed by atoms with Crippen molar-refractivity contribution in [2.45, 2.75) is 29.6 Å². The molecule has 152 valence electrons. The van der Waals surface area contributed by atoms with Crippen LogP contribution in [0.1, 0.15) is 6.23 Å². The summed E-state index contributed by atoms with van der Waals surface area (Å²) in [5, 5.41) is 42.5. The first kappa shape index (κ1) is 20.3. The van der Waals surface area contributed by atoms with E-state index in [-0.39, 0.29) is 11.9 Å². The van der Waals surface area contributed by atoms with Gasteiger partial charge in [0.2, 0.25) is 5.95 Å². The molecule has 0 spiro atoms. The number of nitrogens with one attached hydrogen (secondary N) is 3. The van der Waals surface area contributed by atoms with E-state index in [0.717, 1.165) is 0 Å². The molecule has 1 fully saturated rings. The Hall–Kier alpha value is -2.45. The van der Waals surface area contributed by atoms with E-state index in [1.165, 1.54) is 10.9 Å². The van der Waals surface area contributed by atoms with Gasteiger partial charge >= 0.3 is 0 Å². The lowest BCUT2D eigenvalue weighted by Gasteiger charge is -2.16. The van der Waals surface area contributed by atoms with Crippen LogP contribution < -0.4 is 16.4 Å².